The molecule has 30 heavy (non-hydrogen) atoms. The summed E-state index contributed by atoms with van der Waals surface area (Å²) >= 11 is 0. The van der Waals surface area contributed by atoms with Gasteiger partial charge < -0.3 is 9.29 Å². The first-order chi connectivity index (χ1) is 14.0. The van der Waals surface area contributed by atoms with E-state index in [4.69, 9.17) is 22.1 Å². The van der Waals surface area contributed by atoms with Gasteiger partial charge in [-0.2, -0.15) is 17.6 Å². The molecule has 0 saturated heterocycles. The summed E-state index contributed by atoms with van der Waals surface area (Å²) in [4.78, 5) is 11.9. The van der Waals surface area contributed by atoms with Crippen molar-refractivity contribution in [2.24, 2.45) is 0 Å². The molecule has 0 atom stereocenters. The van der Waals surface area contributed by atoms with E-state index >= 15 is 0 Å². The molecule has 0 N–H and O–H groups in total. The van der Waals surface area contributed by atoms with E-state index in [1.165, 1.54) is 7.11 Å². The molecule has 0 fully saturated rings. The summed E-state index contributed by atoms with van der Waals surface area (Å²) < 4.78 is 69.4. The molecule has 0 radical (unpaired) electrons. The third-order valence-electron chi connectivity index (χ3n) is 3.63. The first kappa shape index (κ1) is 23.0. The van der Waals surface area contributed by atoms with Crippen molar-refractivity contribution in [3.05, 3.63) is 78.6 Å². The van der Waals surface area contributed by atoms with Gasteiger partial charge in [-0.25, -0.2) is 13.2 Å². The fourth-order valence-corrected chi connectivity index (χ4v) is 2.24. The van der Waals surface area contributed by atoms with Crippen LogP contribution in [0.25, 0.3) is 22.5 Å². The van der Waals surface area contributed by atoms with Gasteiger partial charge in [0.2, 0.25) is 0 Å². The van der Waals surface area contributed by atoms with Gasteiger partial charge in [0.15, 0.2) is 10.1 Å². The molecule has 0 bridgehead atoms. The SMILES string of the molecule is COC(=O)c1cc(-c2ccccc2)cc(-c2ccccc2)[o+]1.O=S(=O)([O-])C(F)(F)F. The van der Waals surface area contributed by atoms with E-state index < -0.39 is 21.6 Å². The van der Waals surface area contributed by atoms with Crippen LogP contribution in [0.15, 0.2) is 77.2 Å². The number of benzene rings is 2. The largest absolute Gasteiger partial charge is 0.741 e. The lowest BCUT2D eigenvalue weighted by molar-refractivity contribution is -0.0517. The van der Waals surface area contributed by atoms with Crippen molar-refractivity contribution in [2.45, 2.75) is 5.51 Å². The summed E-state index contributed by atoms with van der Waals surface area (Å²) in [7, 11) is -4.75. The first-order valence-electron chi connectivity index (χ1n) is 8.22. The lowest BCUT2D eigenvalue weighted by atomic mass is 10.0. The highest BCUT2D eigenvalue weighted by Crippen LogP contribution is 2.28. The average Bonchev–Trinajstić information content (AvgIpc) is 2.73. The Hall–Kier alpha value is -3.24. The second-order valence-corrected chi connectivity index (χ2v) is 7.07. The monoisotopic (exact) mass is 440 g/mol. The molecule has 0 spiro atoms. The van der Waals surface area contributed by atoms with Crippen LogP contribution < -0.4 is 0 Å². The molecule has 0 aliphatic rings. The Morgan fingerprint density at radius 1 is 0.900 bits per heavy atom. The third-order valence-corrected chi connectivity index (χ3v) is 4.20. The van der Waals surface area contributed by atoms with Crippen LogP contribution in [0.3, 0.4) is 0 Å². The molecule has 1 heterocycles. The van der Waals surface area contributed by atoms with Crippen molar-refractivity contribution >= 4 is 16.1 Å². The highest BCUT2D eigenvalue weighted by Gasteiger charge is 2.36. The second kappa shape index (κ2) is 9.51. The first-order valence-corrected chi connectivity index (χ1v) is 9.63. The van der Waals surface area contributed by atoms with E-state index in [2.05, 4.69) is 0 Å². The summed E-state index contributed by atoms with van der Waals surface area (Å²) in [5.74, 6) is 0.319. The Kier molecular flexibility index (Phi) is 7.30. The number of ether oxygens (including phenoxy) is 1. The summed E-state index contributed by atoms with van der Waals surface area (Å²) in [6.07, 6.45) is 0. The highest BCUT2D eigenvalue weighted by atomic mass is 32.2. The van der Waals surface area contributed by atoms with Crippen LogP contribution in [0.4, 0.5) is 13.2 Å². The van der Waals surface area contributed by atoms with E-state index in [0.717, 1.165) is 16.7 Å². The minimum atomic E-state index is -6.09. The molecule has 6 nitrogen and oxygen atoms in total. The number of rotatable bonds is 3. The van der Waals surface area contributed by atoms with E-state index in [9.17, 15) is 18.0 Å². The zero-order valence-electron chi connectivity index (χ0n) is 15.4. The van der Waals surface area contributed by atoms with Crippen molar-refractivity contribution in [3.63, 3.8) is 0 Å². The number of alkyl halides is 3. The predicted molar refractivity (Wildman–Crippen MR) is 101 cm³/mol. The number of halogens is 3. The van der Waals surface area contributed by atoms with Crippen LogP contribution in [0.2, 0.25) is 0 Å². The second-order valence-electron chi connectivity index (χ2n) is 5.70. The number of methoxy groups -OCH3 is 1. The molecule has 0 saturated carbocycles. The Morgan fingerprint density at radius 2 is 1.37 bits per heavy atom. The predicted octanol–water partition coefficient (Wildman–Crippen LogP) is 4.73. The normalized spacial score (nSPS) is 11.2. The zero-order chi connectivity index (χ0) is 22.4. The average molecular weight is 440 g/mol. The van der Waals surface area contributed by atoms with Crippen molar-refractivity contribution in [1.82, 2.24) is 0 Å². The van der Waals surface area contributed by atoms with E-state index in [1.807, 2.05) is 66.7 Å². The van der Waals surface area contributed by atoms with Crippen LogP contribution in [0.5, 0.6) is 0 Å². The van der Waals surface area contributed by atoms with Crippen LogP contribution in [-0.4, -0.2) is 31.6 Å². The molecule has 0 aliphatic heterocycles. The molecular weight excluding hydrogens is 425 g/mol. The summed E-state index contributed by atoms with van der Waals surface area (Å²) in [6, 6.07) is 23.2. The molecule has 3 rings (SSSR count). The summed E-state index contributed by atoms with van der Waals surface area (Å²) in [5.41, 5.74) is -2.82. The number of hydrogen-bond donors (Lipinski definition) is 0. The highest BCUT2D eigenvalue weighted by molar-refractivity contribution is 7.86. The molecule has 10 heteroatoms. The van der Waals surface area contributed by atoms with Gasteiger partial charge in [-0.05, 0) is 17.7 Å². The smallest absolute Gasteiger partial charge is 0.485 e. The van der Waals surface area contributed by atoms with Crippen molar-refractivity contribution in [2.75, 3.05) is 7.11 Å². The molecule has 2 aromatic carbocycles. The van der Waals surface area contributed by atoms with E-state index in [-0.39, 0.29) is 5.76 Å². The molecule has 0 aliphatic carbocycles. The summed E-state index contributed by atoms with van der Waals surface area (Å²) in [6.45, 7) is 0. The Morgan fingerprint density at radius 3 is 1.80 bits per heavy atom. The van der Waals surface area contributed by atoms with Gasteiger partial charge in [0.1, 0.15) is 0 Å². The maximum Gasteiger partial charge on any atom is 0.485 e. The number of carbonyl (C=O) groups excluding carboxylic acids is 1. The molecule has 158 valence electrons. The maximum absolute atomic E-state index is 11.9. The number of esters is 1. The van der Waals surface area contributed by atoms with Crippen LogP contribution in [0.1, 0.15) is 10.6 Å². The Balaban J connectivity index is 0.000000343. The lowest BCUT2D eigenvalue weighted by Crippen LogP contribution is -2.21. The minimum Gasteiger partial charge on any atom is -0.741 e. The standard InChI is InChI=1S/C19H15O3.CHF3O3S/c1-21-19(20)18-13-16(14-8-4-2-5-9-14)12-17(22-18)15-10-6-3-7-11-15;2-1(3,4)8(5,6)7/h2-13H,1H3;(H,5,6,7)/q+1;/p-1. The molecule has 1 aromatic heterocycles. The summed E-state index contributed by atoms with van der Waals surface area (Å²) in [5, 5.41) is 0. The van der Waals surface area contributed by atoms with Crippen LogP contribution in [0, 0.1) is 0 Å². The van der Waals surface area contributed by atoms with Gasteiger partial charge in [0.05, 0.1) is 24.8 Å². The molecule has 0 amide bonds. The quantitative estimate of drug-likeness (QED) is 0.253. The van der Waals surface area contributed by atoms with Gasteiger partial charge >= 0.3 is 23.0 Å². The maximum atomic E-state index is 11.9. The Bertz CT molecular complexity index is 1040. The fraction of sp³-hybridized carbons (Fsp3) is 0.100. The Labute approximate surface area is 170 Å². The third kappa shape index (κ3) is 6.13. The van der Waals surface area contributed by atoms with Gasteiger partial charge in [-0.3, -0.25) is 0 Å². The van der Waals surface area contributed by atoms with Gasteiger partial charge in [-0.1, -0.05) is 48.5 Å². The fourth-order valence-electron chi connectivity index (χ4n) is 2.24. The van der Waals surface area contributed by atoms with Crippen molar-refractivity contribution < 1.29 is 40.1 Å². The zero-order valence-corrected chi connectivity index (χ0v) is 16.2. The van der Waals surface area contributed by atoms with Crippen molar-refractivity contribution in [3.8, 4) is 22.5 Å². The van der Waals surface area contributed by atoms with E-state index in [0.29, 0.717) is 5.76 Å². The van der Waals surface area contributed by atoms with Crippen molar-refractivity contribution in [1.29, 1.82) is 0 Å². The lowest BCUT2D eigenvalue weighted by Gasteiger charge is -2.08. The number of hydrogen-bond acceptors (Lipinski definition) is 5. The molecular formula is C20H15F3O6S. The molecule has 0 unspecified atom stereocenters. The molecule has 3 aromatic rings. The van der Waals surface area contributed by atoms with E-state index in [1.54, 1.807) is 6.07 Å². The van der Waals surface area contributed by atoms with Crippen LogP contribution >= 0.6 is 0 Å². The van der Waals surface area contributed by atoms with Gasteiger partial charge in [-0.15, -0.1) is 0 Å². The van der Waals surface area contributed by atoms with Crippen LogP contribution in [-0.2, 0) is 14.9 Å². The van der Waals surface area contributed by atoms with Gasteiger partial charge in [0, 0.05) is 5.56 Å². The van der Waals surface area contributed by atoms with Gasteiger partial charge in [0.25, 0.3) is 0 Å². The topological polar surface area (TPSA) is 94.8 Å². The minimum absolute atomic E-state index is 0.183. The number of carbonyl (C=O) groups is 1.